The summed E-state index contributed by atoms with van der Waals surface area (Å²) >= 11 is 0. The number of allylic oxidation sites excluding steroid dienone is 2. The second-order valence-electron chi connectivity index (χ2n) is 3.85. The lowest BCUT2D eigenvalue weighted by molar-refractivity contribution is 0.113. The molecule has 0 heterocycles. The van der Waals surface area contributed by atoms with Crippen LogP contribution in [0.15, 0.2) is 11.1 Å². The maximum atomic E-state index is 9.06. The molecule has 2 atom stereocenters. The number of aliphatic hydroxyl groups is 2. The second kappa shape index (κ2) is 4.06. The largest absolute Gasteiger partial charge is 0.396 e. The molecule has 0 unspecified atom stereocenters. The van der Waals surface area contributed by atoms with E-state index >= 15 is 0 Å². The van der Waals surface area contributed by atoms with Crippen molar-refractivity contribution in [3.8, 4) is 0 Å². The summed E-state index contributed by atoms with van der Waals surface area (Å²) < 4.78 is 0. The van der Waals surface area contributed by atoms with Gasteiger partial charge in [0.15, 0.2) is 0 Å². The molecule has 0 aliphatic heterocycles. The van der Waals surface area contributed by atoms with Crippen molar-refractivity contribution in [1.29, 1.82) is 0 Å². The van der Waals surface area contributed by atoms with Gasteiger partial charge in [0.1, 0.15) is 0 Å². The first-order chi connectivity index (χ1) is 5.69. The molecule has 2 N–H and O–H groups in total. The maximum absolute atomic E-state index is 9.06. The van der Waals surface area contributed by atoms with Crippen LogP contribution in [0.4, 0.5) is 0 Å². The van der Waals surface area contributed by atoms with E-state index in [1.807, 2.05) is 0 Å². The van der Waals surface area contributed by atoms with Crippen molar-refractivity contribution >= 4 is 0 Å². The number of hydrogen-bond acceptors (Lipinski definition) is 2. The molecule has 0 aromatic carbocycles. The van der Waals surface area contributed by atoms with Crippen LogP contribution in [0.2, 0.25) is 0 Å². The van der Waals surface area contributed by atoms with Crippen LogP contribution in [-0.4, -0.2) is 23.4 Å². The number of hydrogen-bond donors (Lipinski definition) is 2. The average Bonchev–Trinajstić information content (AvgIpc) is 2.09. The predicted molar refractivity (Wildman–Crippen MR) is 48.8 cm³/mol. The summed E-state index contributed by atoms with van der Waals surface area (Å²) in [5.74, 6) is 0.553. The molecule has 0 saturated carbocycles. The highest BCUT2D eigenvalue weighted by atomic mass is 16.3. The van der Waals surface area contributed by atoms with Gasteiger partial charge in [0.2, 0.25) is 0 Å². The van der Waals surface area contributed by atoms with E-state index in [2.05, 4.69) is 13.8 Å². The van der Waals surface area contributed by atoms with E-state index in [4.69, 9.17) is 10.2 Å². The molecule has 1 aliphatic rings. The topological polar surface area (TPSA) is 40.5 Å². The fraction of sp³-hybridized carbons (Fsp3) is 0.800. The fourth-order valence-electron chi connectivity index (χ4n) is 1.90. The molecule has 70 valence electrons. The Kier molecular flexibility index (Phi) is 3.29. The van der Waals surface area contributed by atoms with Crippen LogP contribution >= 0.6 is 0 Å². The Morgan fingerprint density at radius 3 is 1.58 bits per heavy atom. The zero-order valence-corrected chi connectivity index (χ0v) is 7.88. The summed E-state index contributed by atoms with van der Waals surface area (Å²) in [6, 6.07) is 0. The van der Waals surface area contributed by atoms with Crippen molar-refractivity contribution in [3.63, 3.8) is 0 Å². The molecule has 1 rings (SSSR count). The Balaban J connectivity index is 2.68. The zero-order valence-electron chi connectivity index (χ0n) is 7.88. The molecule has 2 heteroatoms. The molecule has 2 nitrogen and oxygen atoms in total. The lowest BCUT2D eigenvalue weighted by Crippen LogP contribution is -2.26. The van der Waals surface area contributed by atoms with Gasteiger partial charge in [-0.3, -0.25) is 0 Å². The van der Waals surface area contributed by atoms with Crippen molar-refractivity contribution < 1.29 is 10.2 Å². The van der Waals surface area contributed by atoms with E-state index in [9.17, 15) is 0 Å². The summed E-state index contributed by atoms with van der Waals surface area (Å²) in [4.78, 5) is 0. The molecular weight excluding hydrogens is 152 g/mol. The van der Waals surface area contributed by atoms with Crippen LogP contribution in [0.25, 0.3) is 0 Å². The molecule has 12 heavy (non-hydrogen) atoms. The highest BCUT2D eigenvalue weighted by molar-refractivity contribution is 5.15. The smallest absolute Gasteiger partial charge is 0.0465 e. The summed E-state index contributed by atoms with van der Waals surface area (Å²) in [6.07, 6.45) is 1.90. The van der Waals surface area contributed by atoms with E-state index in [0.717, 1.165) is 12.8 Å². The highest BCUT2D eigenvalue weighted by Crippen LogP contribution is 2.33. The van der Waals surface area contributed by atoms with Gasteiger partial charge < -0.3 is 10.2 Å². The molecule has 0 spiro atoms. The van der Waals surface area contributed by atoms with Crippen LogP contribution in [0.3, 0.4) is 0 Å². The monoisotopic (exact) mass is 170 g/mol. The van der Waals surface area contributed by atoms with Crippen molar-refractivity contribution in [2.45, 2.75) is 26.7 Å². The van der Waals surface area contributed by atoms with Crippen molar-refractivity contribution in [2.75, 3.05) is 13.2 Å². The second-order valence-corrected chi connectivity index (χ2v) is 3.85. The third kappa shape index (κ3) is 1.87. The van der Waals surface area contributed by atoms with Crippen LogP contribution in [0, 0.1) is 11.8 Å². The molecule has 0 bridgehead atoms. The van der Waals surface area contributed by atoms with Crippen molar-refractivity contribution in [1.82, 2.24) is 0 Å². The summed E-state index contributed by atoms with van der Waals surface area (Å²) in [7, 11) is 0. The Morgan fingerprint density at radius 1 is 1.00 bits per heavy atom. The van der Waals surface area contributed by atoms with Gasteiger partial charge in [-0.2, -0.15) is 0 Å². The van der Waals surface area contributed by atoms with Gasteiger partial charge in [-0.15, -0.1) is 0 Å². The summed E-state index contributed by atoms with van der Waals surface area (Å²) in [5.41, 5.74) is 2.78. The Labute approximate surface area is 73.9 Å². The summed E-state index contributed by atoms with van der Waals surface area (Å²) in [5, 5.41) is 18.1. The quantitative estimate of drug-likeness (QED) is 0.614. The Morgan fingerprint density at radius 2 is 1.33 bits per heavy atom. The van der Waals surface area contributed by atoms with Gasteiger partial charge in [-0.25, -0.2) is 0 Å². The Hall–Kier alpha value is -0.340. The lowest BCUT2D eigenvalue weighted by atomic mass is 9.77. The molecule has 1 aliphatic carbocycles. The number of aliphatic hydroxyl groups excluding tert-OH is 2. The molecule has 0 radical (unpaired) electrons. The first kappa shape index (κ1) is 9.75. The predicted octanol–water partition coefficient (Wildman–Crippen LogP) is 1.33. The van der Waals surface area contributed by atoms with Crippen LogP contribution in [-0.2, 0) is 0 Å². The minimum atomic E-state index is 0.204. The standard InChI is InChI=1S/C10H18O2/c1-7-3-9(5-11)10(6-12)4-8(7)2/h9-12H,3-6H2,1-2H3/t9-,10+. The minimum Gasteiger partial charge on any atom is -0.396 e. The molecule has 0 amide bonds. The van der Waals surface area contributed by atoms with Gasteiger partial charge in [0.05, 0.1) is 0 Å². The van der Waals surface area contributed by atoms with Crippen LogP contribution < -0.4 is 0 Å². The van der Waals surface area contributed by atoms with E-state index in [1.165, 1.54) is 11.1 Å². The Bertz CT molecular complexity index is 164. The normalized spacial score (nSPS) is 31.0. The minimum absolute atomic E-state index is 0.204. The third-order valence-electron chi connectivity index (χ3n) is 3.00. The van der Waals surface area contributed by atoms with Gasteiger partial charge in [0.25, 0.3) is 0 Å². The first-order valence-electron chi connectivity index (χ1n) is 4.56. The van der Waals surface area contributed by atoms with Gasteiger partial charge in [-0.1, -0.05) is 11.1 Å². The van der Waals surface area contributed by atoms with E-state index in [1.54, 1.807) is 0 Å². The SMILES string of the molecule is CC1=C(C)C[C@H](CO)[C@H](CO)C1. The fourth-order valence-corrected chi connectivity index (χ4v) is 1.90. The van der Waals surface area contributed by atoms with E-state index < -0.39 is 0 Å². The number of rotatable bonds is 2. The first-order valence-corrected chi connectivity index (χ1v) is 4.56. The average molecular weight is 170 g/mol. The lowest BCUT2D eigenvalue weighted by Gasteiger charge is -2.30. The van der Waals surface area contributed by atoms with E-state index in [-0.39, 0.29) is 25.0 Å². The molecule has 0 aromatic rings. The molecule has 0 aromatic heterocycles. The van der Waals surface area contributed by atoms with Gasteiger partial charge in [-0.05, 0) is 38.5 Å². The van der Waals surface area contributed by atoms with Gasteiger partial charge in [0, 0.05) is 13.2 Å². The third-order valence-corrected chi connectivity index (χ3v) is 3.00. The molecule has 0 saturated heterocycles. The van der Waals surface area contributed by atoms with Gasteiger partial charge >= 0.3 is 0 Å². The van der Waals surface area contributed by atoms with E-state index in [0.29, 0.717) is 0 Å². The maximum Gasteiger partial charge on any atom is 0.0465 e. The molecule has 0 fully saturated rings. The highest BCUT2D eigenvalue weighted by Gasteiger charge is 2.25. The van der Waals surface area contributed by atoms with Crippen molar-refractivity contribution in [3.05, 3.63) is 11.1 Å². The summed E-state index contributed by atoms with van der Waals surface area (Å²) in [6.45, 7) is 4.64. The van der Waals surface area contributed by atoms with Crippen LogP contribution in [0.1, 0.15) is 26.7 Å². The molecular formula is C10H18O2. The van der Waals surface area contributed by atoms with Crippen LogP contribution in [0.5, 0.6) is 0 Å². The van der Waals surface area contributed by atoms with Crippen molar-refractivity contribution in [2.24, 2.45) is 11.8 Å². The zero-order chi connectivity index (χ0) is 9.14.